The van der Waals surface area contributed by atoms with Gasteiger partial charge in [0.2, 0.25) is 11.8 Å². The van der Waals surface area contributed by atoms with Crippen LogP contribution in [0, 0.1) is 5.82 Å². The number of rotatable bonds is 6. The zero-order valence-electron chi connectivity index (χ0n) is 24.7. The van der Waals surface area contributed by atoms with Crippen molar-refractivity contribution in [3.8, 4) is 0 Å². The maximum atomic E-state index is 15.5. The summed E-state index contributed by atoms with van der Waals surface area (Å²) in [5.74, 6) is -23.3. The number of anilines is 1. The van der Waals surface area contributed by atoms with E-state index < -0.39 is 103 Å². The number of imide groups is 1. The SMILES string of the molecule is BC1(O)OC(O)(O)C(B)(O)N(C(O)(O)c2ccc(C(O)(O)Nc3cccc4c3C(O)(O)N(C3CCC(=O)NC3=O)C4=O)c(F)c2)C1(O)O. The van der Waals surface area contributed by atoms with Crippen molar-refractivity contribution in [2.24, 2.45) is 0 Å². The van der Waals surface area contributed by atoms with E-state index >= 15 is 4.39 Å². The Labute approximate surface area is 268 Å². The number of carbonyl (C=O) groups is 3. The van der Waals surface area contributed by atoms with E-state index in [0.29, 0.717) is 32.7 Å². The maximum Gasteiger partial charge on any atom is 0.316 e. The first-order valence-electron chi connectivity index (χ1n) is 13.8. The van der Waals surface area contributed by atoms with Gasteiger partial charge in [-0.3, -0.25) is 29.3 Å². The minimum Gasteiger partial charge on any atom is -0.375 e. The van der Waals surface area contributed by atoms with Crippen LogP contribution in [-0.4, -0.2) is 134 Å². The Morgan fingerprint density at radius 3 is 2.17 bits per heavy atom. The quantitative estimate of drug-likeness (QED) is 0.0764. The fourth-order valence-corrected chi connectivity index (χ4v) is 5.89. The fourth-order valence-electron chi connectivity index (χ4n) is 5.89. The lowest BCUT2D eigenvalue weighted by molar-refractivity contribution is -0.592. The molecule has 5 rings (SSSR count). The van der Waals surface area contributed by atoms with Gasteiger partial charge in [0.15, 0.2) is 27.0 Å². The Balaban J connectivity index is 1.50. The monoisotopic (exact) mass is 682 g/mol. The van der Waals surface area contributed by atoms with Gasteiger partial charge in [-0.05, 0) is 30.7 Å². The summed E-state index contributed by atoms with van der Waals surface area (Å²) in [7, 11) is 0.817. The van der Waals surface area contributed by atoms with Gasteiger partial charge in [0, 0.05) is 17.7 Å². The topological polar surface area (TPSA) is 334 Å². The van der Waals surface area contributed by atoms with Gasteiger partial charge in [0.25, 0.3) is 29.6 Å². The van der Waals surface area contributed by atoms with E-state index in [9.17, 15) is 75.7 Å². The molecular weight excluding hydrogens is 653 g/mol. The normalized spacial score (nSPS) is 28.6. The number of nitrogens with one attached hydrogen (secondary N) is 2. The van der Waals surface area contributed by atoms with Gasteiger partial charge in [-0.1, -0.05) is 12.1 Å². The van der Waals surface area contributed by atoms with E-state index in [2.05, 4.69) is 4.74 Å². The van der Waals surface area contributed by atoms with Gasteiger partial charge in [0.1, 0.15) is 11.9 Å². The van der Waals surface area contributed by atoms with Crippen LogP contribution in [0.5, 0.6) is 0 Å². The molecule has 2 aromatic carbocycles. The van der Waals surface area contributed by atoms with Crippen molar-refractivity contribution < 1.29 is 84.8 Å². The molecule has 14 N–H and O–H groups in total. The Hall–Kier alpha value is -3.65. The van der Waals surface area contributed by atoms with Crippen LogP contribution in [0.3, 0.4) is 0 Å². The molecule has 20 nitrogen and oxygen atoms in total. The van der Waals surface area contributed by atoms with Gasteiger partial charge < -0.3 is 66.6 Å². The molecule has 0 saturated carbocycles. The smallest absolute Gasteiger partial charge is 0.316 e. The molecule has 3 unspecified atom stereocenters. The van der Waals surface area contributed by atoms with E-state index in [4.69, 9.17) is 0 Å². The zero-order valence-corrected chi connectivity index (χ0v) is 24.7. The van der Waals surface area contributed by atoms with E-state index in [0.717, 1.165) is 18.2 Å². The number of hydrogen-bond donors (Lipinski definition) is 14. The first-order valence-corrected chi connectivity index (χ1v) is 13.8. The molecular formula is C25H29B2FN4O16. The minimum atomic E-state index is -4.06. The third kappa shape index (κ3) is 5.08. The van der Waals surface area contributed by atoms with Crippen LogP contribution in [0.4, 0.5) is 10.1 Å². The molecule has 0 radical (unpaired) electrons. The van der Waals surface area contributed by atoms with Crippen molar-refractivity contribution in [2.75, 3.05) is 5.32 Å². The number of halogens is 1. The highest BCUT2D eigenvalue weighted by atomic mass is 19.1. The van der Waals surface area contributed by atoms with Crippen molar-refractivity contribution in [3.63, 3.8) is 0 Å². The van der Waals surface area contributed by atoms with Gasteiger partial charge in [-0.2, -0.15) is 4.90 Å². The molecule has 3 heterocycles. The van der Waals surface area contributed by atoms with Crippen LogP contribution >= 0.6 is 0 Å². The van der Waals surface area contributed by atoms with Gasteiger partial charge in [-0.15, -0.1) is 0 Å². The summed E-state index contributed by atoms with van der Waals surface area (Å²) in [6.45, 7) is 0. The second-order valence-corrected chi connectivity index (χ2v) is 11.8. The second kappa shape index (κ2) is 10.7. The average molecular weight is 682 g/mol. The Bertz CT molecular complexity index is 1690. The molecule has 3 amide bonds. The summed E-state index contributed by atoms with van der Waals surface area (Å²) < 4.78 is 19.8. The highest BCUT2D eigenvalue weighted by Gasteiger charge is 2.74. The lowest BCUT2D eigenvalue weighted by atomic mass is 9.77. The predicted molar refractivity (Wildman–Crippen MR) is 151 cm³/mol. The van der Waals surface area contributed by atoms with Crippen LogP contribution in [0.25, 0.3) is 0 Å². The van der Waals surface area contributed by atoms with E-state index in [1.807, 2.05) is 10.6 Å². The Kier molecular flexibility index (Phi) is 7.93. The van der Waals surface area contributed by atoms with Gasteiger partial charge >= 0.3 is 5.97 Å². The highest BCUT2D eigenvalue weighted by Crippen LogP contribution is 2.47. The number of aliphatic hydroxyl groups is 12. The molecule has 23 heteroatoms. The standard InChI is InChI=1S/C25H29B2FN4O16/c26-22(42)25(46,47)48-23(27,43)24(44,45)32(22)20(38,39)9-4-5-11(12(28)8-9)19(36,37)30-13-3-1-2-10-16(13)21(40,41)31(18(10)35)14-6-7-15(33)29-17(14)34/h1-5,8,14,30,36-47H,6-7,26-27H2,(H,29,33,34). The van der Waals surface area contributed by atoms with E-state index in [-0.39, 0.29) is 18.9 Å². The van der Waals surface area contributed by atoms with E-state index in [1.54, 1.807) is 0 Å². The first-order chi connectivity index (χ1) is 21.7. The van der Waals surface area contributed by atoms with Crippen LogP contribution in [-0.2, 0) is 32.1 Å². The summed E-state index contributed by atoms with van der Waals surface area (Å²) in [5, 5.41) is 132. The number of hydrogen-bond acceptors (Lipinski definition) is 18. The van der Waals surface area contributed by atoms with Gasteiger partial charge in [0.05, 0.1) is 16.7 Å². The van der Waals surface area contributed by atoms with Crippen LogP contribution in [0.2, 0.25) is 0 Å². The molecule has 48 heavy (non-hydrogen) atoms. The number of fused-ring (bicyclic) bond motifs is 1. The summed E-state index contributed by atoms with van der Waals surface area (Å²) in [4.78, 5) is 36.9. The van der Waals surface area contributed by atoms with Gasteiger partial charge in [-0.25, -0.2) is 4.39 Å². The molecule has 2 saturated heterocycles. The molecule has 3 aliphatic rings. The van der Waals surface area contributed by atoms with Crippen molar-refractivity contribution in [1.82, 2.24) is 15.1 Å². The number of morpholine rings is 1. The molecule has 0 aliphatic carbocycles. The summed E-state index contributed by atoms with van der Waals surface area (Å²) in [6, 6.07) is 2.94. The van der Waals surface area contributed by atoms with Crippen LogP contribution < -0.4 is 10.6 Å². The summed E-state index contributed by atoms with van der Waals surface area (Å²) >= 11 is 0. The fraction of sp³-hybridized carbons (Fsp3) is 0.400. The molecule has 3 atom stereocenters. The number of nitrogens with zero attached hydrogens (tertiary/aromatic N) is 2. The Morgan fingerprint density at radius 1 is 0.958 bits per heavy atom. The Morgan fingerprint density at radius 2 is 1.58 bits per heavy atom. The number of ether oxygens (including phenoxy) is 1. The molecule has 2 fully saturated rings. The number of benzene rings is 2. The number of piperidine rings is 1. The van der Waals surface area contributed by atoms with Crippen LogP contribution in [0.1, 0.15) is 39.9 Å². The molecule has 2 aromatic rings. The third-order valence-corrected chi connectivity index (χ3v) is 8.39. The van der Waals surface area contributed by atoms with E-state index in [1.165, 1.54) is 0 Å². The molecule has 0 bridgehead atoms. The van der Waals surface area contributed by atoms with Crippen molar-refractivity contribution in [1.29, 1.82) is 0 Å². The second-order valence-electron chi connectivity index (χ2n) is 11.8. The number of amides is 3. The predicted octanol–water partition coefficient (Wildman–Crippen LogP) is -8.35. The zero-order chi connectivity index (χ0) is 36.2. The largest absolute Gasteiger partial charge is 0.375 e. The highest BCUT2D eigenvalue weighted by molar-refractivity contribution is 6.16. The molecule has 0 spiro atoms. The molecule has 258 valence electrons. The first kappa shape index (κ1) is 35.7. The average Bonchev–Trinajstić information content (AvgIpc) is 3.12. The van der Waals surface area contributed by atoms with Crippen molar-refractivity contribution in [2.45, 2.75) is 59.8 Å². The number of carbonyl (C=O) groups excluding carboxylic acids is 3. The van der Waals surface area contributed by atoms with Crippen molar-refractivity contribution in [3.05, 3.63) is 64.5 Å². The maximum absolute atomic E-state index is 15.5. The molecule has 0 aromatic heterocycles. The lowest BCUT2D eigenvalue weighted by Crippen LogP contribution is -2.87. The van der Waals surface area contributed by atoms with Crippen molar-refractivity contribution >= 4 is 39.1 Å². The minimum absolute atomic E-state index is 0.164. The third-order valence-electron chi connectivity index (χ3n) is 8.39. The summed E-state index contributed by atoms with van der Waals surface area (Å²) in [6.07, 6.45) is -0.523. The summed E-state index contributed by atoms with van der Waals surface area (Å²) in [5.41, 5.74) is -11.0. The lowest BCUT2D eigenvalue weighted by Gasteiger charge is -2.61. The molecule has 3 aliphatic heterocycles. The van der Waals surface area contributed by atoms with Crippen LogP contribution in [0.15, 0.2) is 36.4 Å².